The number of rotatable bonds is 13. The summed E-state index contributed by atoms with van der Waals surface area (Å²) >= 11 is 0. The average Bonchev–Trinajstić information content (AvgIpc) is 2.92. The zero-order valence-corrected chi connectivity index (χ0v) is 28.6. The normalized spacial score (nSPS) is 13.5. The van der Waals surface area contributed by atoms with Crippen LogP contribution in [0.5, 0.6) is 0 Å². The van der Waals surface area contributed by atoms with Crippen LogP contribution >= 0.6 is 0 Å². The monoisotopic (exact) mass is 638 g/mol. The molecular weight excluding hydrogens is 588 g/mol. The maximum absolute atomic E-state index is 14.4. The largest absolute Gasteiger partial charge is 0.458 e. The van der Waals surface area contributed by atoms with Gasteiger partial charge < -0.3 is 30.7 Å². The van der Waals surface area contributed by atoms with E-state index in [0.29, 0.717) is 12.0 Å². The second-order valence-electron chi connectivity index (χ2n) is 13.4. The van der Waals surface area contributed by atoms with E-state index in [2.05, 4.69) is 10.6 Å². The van der Waals surface area contributed by atoms with Crippen LogP contribution in [0.15, 0.2) is 48.5 Å². The van der Waals surface area contributed by atoms with Gasteiger partial charge in [0.25, 0.3) is 0 Å². The highest BCUT2D eigenvalue weighted by Gasteiger charge is 2.39. The lowest BCUT2D eigenvalue weighted by Crippen LogP contribution is -2.56. The number of alkyl carbamates (subject to hydrolysis) is 1. The maximum atomic E-state index is 14.4. The molecule has 0 aliphatic carbocycles. The third kappa shape index (κ3) is 11.8. The molecule has 0 aromatic heterocycles. The molecule has 11 heteroatoms. The van der Waals surface area contributed by atoms with E-state index in [1.54, 1.807) is 53.7 Å². The molecule has 0 saturated carbocycles. The molecule has 0 aliphatic heterocycles. The van der Waals surface area contributed by atoms with Gasteiger partial charge in [0.05, 0.1) is 6.42 Å². The van der Waals surface area contributed by atoms with E-state index >= 15 is 0 Å². The summed E-state index contributed by atoms with van der Waals surface area (Å²) < 4.78 is 11.0. The van der Waals surface area contributed by atoms with Crippen LogP contribution in [0.25, 0.3) is 0 Å². The number of hydrogen-bond acceptors (Lipinski definition) is 7. The lowest BCUT2D eigenvalue weighted by Gasteiger charge is -2.35. The number of amides is 4. The summed E-state index contributed by atoms with van der Waals surface area (Å²) in [6.45, 7) is 15.9. The first-order chi connectivity index (χ1) is 21.3. The van der Waals surface area contributed by atoms with Crippen molar-refractivity contribution in [3.63, 3.8) is 0 Å². The van der Waals surface area contributed by atoms with Gasteiger partial charge in [0.1, 0.15) is 29.3 Å². The summed E-state index contributed by atoms with van der Waals surface area (Å²) in [5, 5.41) is 5.34. The molecule has 0 spiro atoms. The van der Waals surface area contributed by atoms with Crippen LogP contribution < -0.4 is 16.4 Å². The number of carbonyl (C=O) groups excluding carboxylic acids is 5. The molecular formula is C35H50N4O7. The highest BCUT2D eigenvalue weighted by atomic mass is 16.6. The van der Waals surface area contributed by atoms with E-state index in [1.807, 2.05) is 57.2 Å². The molecule has 0 fully saturated rings. The number of benzene rings is 2. The fraction of sp³-hybridized carbons (Fsp3) is 0.514. The van der Waals surface area contributed by atoms with Crippen molar-refractivity contribution in [2.24, 2.45) is 5.73 Å². The molecule has 4 N–H and O–H groups in total. The highest BCUT2D eigenvalue weighted by molar-refractivity contribution is 5.96. The number of nitrogens with one attached hydrogen (secondary N) is 2. The molecule has 11 nitrogen and oxygen atoms in total. The summed E-state index contributed by atoms with van der Waals surface area (Å²) in [5.41, 5.74) is 6.77. The molecule has 0 bridgehead atoms. The van der Waals surface area contributed by atoms with Crippen molar-refractivity contribution in [3.05, 3.63) is 70.8 Å². The van der Waals surface area contributed by atoms with Crippen LogP contribution in [-0.2, 0) is 35.1 Å². The van der Waals surface area contributed by atoms with E-state index in [4.69, 9.17) is 15.2 Å². The van der Waals surface area contributed by atoms with Crippen molar-refractivity contribution in [1.29, 1.82) is 0 Å². The van der Waals surface area contributed by atoms with Gasteiger partial charge in [-0.1, -0.05) is 55.5 Å². The van der Waals surface area contributed by atoms with Gasteiger partial charge in [-0.2, -0.15) is 0 Å². The van der Waals surface area contributed by atoms with Crippen molar-refractivity contribution in [1.82, 2.24) is 15.5 Å². The molecule has 0 saturated heterocycles. The summed E-state index contributed by atoms with van der Waals surface area (Å²) in [6, 6.07) is 10.9. The van der Waals surface area contributed by atoms with Gasteiger partial charge in [0.2, 0.25) is 17.7 Å². The van der Waals surface area contributed by atoms with Crippen LogP contribution in [0.2, 0.25) is 0 Å². The van der Waals surface area contributed by atoms with Crippen molar-refractivity contribution in [2.45, 2.75) is 111 Å². The zero-order valence-electron chi connectivity index (χ0n) is 28.6. The summed E-state index contributed by atoms with van der Waals surface area (Å²) in [5.74, 6) is -2.79. The first kappa shape index (κ1) is 37.8. The van der Waals surface area contributed by atoms with E-state index in [1.165, 1.54) is 4.90 Å². The van der Waals surface area contributed by atoms with Gasteiger partial charge in [0, 0.05) is 13.0 Å². The first-order valence-electron chi connectivity index (χ1n) is 15.5. The molecule has 2 aromatic rings. The fourth-order valence-corrected chi connectivity index (χ4v) is 4.85. The SMILES string of the molecule is CCCN(C(=O)C(CC(N)=O)NC(=O)OC(C)(C)C)C(C(=O)NC(Cc1ccccc1)C(=O)OC(C)(C)C)c1cccc(C)c1C. The second kappa shape index (κ2) is 16.2. The maximum Gasteiger partial charge on any atom is 0.408 e. The number of nitrogens with two attached hydrogens (primary N) is 1. The molecule has 4 amide bonds. The van der Waals surface area contributed by atoms with Gasteiger partial charge in [-0.15, -0.1) is 0 Å². The fourth-order valence-electron chi connectivity index (χ4n) is 4.85. The van der Waals surface area contributed by atoms with E-state index < -0.39 is 65.5 Å². The van der Waals surface area contributed by atoms with Gasteiger partial charge in [-0.3, -0.25) is 14.4 Å². The first-order valence-corrected chi connectivity index (χ1v) is 15.5. The van der Waals surface area contributed by atoms with Crippen molar-refractivity contribution in [3.8, 4) is 0 Å². The van der Waals surface area contributed by atoms with Crippen LogP contribution in [0, 0.1) is 13.8 Å². The van der Waals surface area contributed by atoms with Gasteiger partial charge in [-0.25, -0.2) is 9.59 Å². The highest BCUT2D eigenvalue weighted by Crippen LogP contribution is 2.28. The molecule has 3 unspecified atom stereocenters. The number of primary amides is 1. The van der Waals surface area contributed by atoms with Crippen LogP contribution in [-0.4, -0.2) is 64.5 Å². The standard InChI is InChI=1S/C35H50N4O7/c1-10-19-39(31(42)26(21-28(36)40)38-33(44)46-35(7,8)9)29(25-18-14-15-22(2)23(25)3)30(41)37-27(32(43)45-34(4,5)6)20-24-16-12-11-13-17-24/h11-18,26-27,29H,10,19-21H2,1-9H3,(H2,36,40)(H,37,41)(H,38,44). The number of carbonyl (C=O) groups is 5. The Morgan fingerprint density at radius 1 is 0.826 bits per heavy atom. The molecule has 3 atom stereocenters. The van der Waals surface area contributed by atoms with Crippen molar-refractivity contribution >= 4 is 29.8 Å². The number of hydrogen-bond donors (Lipinski definition) is 3. The van der Waals surface area contributed by atoms with Crippen molar-refractivity contribution < 1.29 is 33.4 Å². The van der Waals surface area contributed by atoms with Crippen LogP contribution in [0.1, 0.15) is 89.6 Å². The second-order valence-corrected chi connectivity index (χ2v) is 13.4. The third-order valence-electron chi connectivity index (χ3n) is 6.93. The van der Waals surface area contributed by atoms with E-state index in [0.717, 1.165) is 16.7 Å². The van der Waals surface area contributed by atoms with E-state index in [-0.39, 0.29) is 13.0 Å². The summed E-state index contributed by atoms with van der Waals surface area (Å²) in [4.78, 5) is 68.3. The Labute approximate surface area is 272 Å². The molecule has 0 heterocycles. The minimum Gasteiger partial charge on any atom is -0.458 e. The Morgan fingerprint density at radius 2 is 1.43 bits per heavy atom. The number of ether oxygens (including phenoxy) is 2. The molecule has 252 valence electrons. The number of nitrogens with zero attached hydrogens (tertiary/aromatic N) is 1. The van der Waals surface area contributed by atoms with Crippen LogP contribution in [0.4, 0.5) is 4.79 Å². The minimum atomic E-state index is -1.41. The number of aryl methyl sites for hydroxylation is 1. The molecule has 0 radical (unpaired) electrons. The molecule has 2 aromatic carbocycles. The molecule has 46 heavy (non-hydrogen) atoms. The summed E-state index contributed by atoms with van der Waals surface area (Å²) in [6.07, 6.45) is -0.847. The lowest BCUT2D eigenvalue weighted by atomic mass is 9.94. The third-order valence-corrected chi connectivity index (χ3v) is 6.93. The topological polar surface area (TPSA) is 157 Å². The molecule has 0 aliphatic rings. The predicted molar refractivity (Wildman–Crippen MR) is 176 cm³/mol. The quantitative estimate of drug-likeness (QED) is 0.274. The van der Waals surface area contributed by atoms with Gasteiger partial charge in [0.15, 0.2) is 0 Å². The molecule has 2 rings (SSSR count). The van der Waals surface area contributed by atoms with Gasteiger partial charge in [-0.05, 0) is 84.1 Å². The Hall–Kier alpha value is -4.41. The minimum absolute atomic E-state index is 0.0886. The summed E-state index contributed by atoms with van der Waals surface area (Å²) in [7, 11) is 0. The smallest absolute Gasteiger partial charge is 0.408 e. The number of esters is 1. The Balaban J connectivity index is 2.64. The Morgan fingerprint density at radius 3 is 1.98 bits per heavy atom. The lowest BCUT2D eigenvalue weighted by molar-refractivity contribution is -0.159. The van der Waals surface area contributed by atoms with Crippen LogP contribution in [0.3, 0.4) is 0 Å². The zero-order chi connectivity index (χ0) is 34.8. The predicted octanol–water partition coefficient (Wildman–Crippen LogP) is 4.42. The van der Waals surface area contributed by atoms with Crippen molar-refractivity contribution in [2.75, 3.05) is 6.54 Å². The average molecular weight is 639 g/mol. The van der Waals surface area contributed by atoms with E-state index in [9.17, 15) is 24.0 Å². The van der Waals surface area contributed by atoms with Gasteiger partial charge >= 0.3 is 12.1 Å². The Kier molecular flexibility index (Phi) is 13.3. The Bertz CT molecular complexity index is 1380.